The number of hydrogen-bond donors (Lipinski definition) is 0. The van der Waals surface area contributed by atoms with E-state index >= 15 is 0 Å². The molecule has 0 heteroatoms. The van der Waals surface area contributed by atoms with Crippen LogP contribution in [-0.4, -0.2) is 0 Å². The molecule has 0 fully saturated rings. The van der Waals surface area contributed by atoms with E-state index in [1.165, 1.54) is 108 Å². The highest BCUT2D eigenvalue weighted by atomic mass is 14.3. The Labute approximate surface area is 265 Å². The lowest BCUT2D eigenvalue weighted by atomic mass is 9.82. The number of hydrogen-bond acceptors (Lipinski definition) is 0. The first kappa shape index (κ1) is 24.4. The molecule has 0 amide bonds. The Hall–Kier alpha value is -5.98. The summed E-state index contributed by atoms with van der Waals surface area (Å²) in [6.07, 6.45) is 0. The van der Waals surface area contributed by atoms with E-state index in [2.05, 4.69) is 158 Å². The summed E-state index contributed by atoms with van der Waals surface area (Å²) in [6, 6.07) is 59.0. The van der Waals surface area contributed by atoms with Crippen molar-refractivity contribution in [3.8, 4) is 22.3 Å². The highest BCUT2D eigenvalue weighted by Gasteiger charge is 2.23. The van der Waals surface area contributed by atoms with Gasteiger partial charge in [0.25, 0.3) is 0 Å². The average molecular weight is 579 g/mol. The molecule has 46 heavy (non-hydrogen) atoms. The zero-order valence-electron chi connectivity index (χ0n) is 25.0. The van der Waals surface area contributed by atoms with Crippen molar-refractivity contribution >= 4 is 86.2 Å². The van der Waals surface area contributed by atoms with Crippen LogP contribution in [0.2, 0.25) is 0 Å². The molecule has 0 aromatic heterocycles. The van der Waals surface area contributed by atoms with Crippen LogP contribution in [0, 0.1) is 0 Å². The van der Waals surface area contributed by atoms with Crippen molar-refractivity contribution in [3.63, 3.8) is 0 Å². The first-order valence-electron chi connectivity index (χ1n) is 16.1. The van der Waals surface area contributed by atoms with E-state index in [0.717, 1.165) is 0 Å². The molecule has 0 nitrogen and oxygen atoms in total. The molecule has 0 atom stereocenters. The summed E-state index contributed by atoms with van der Waals surface area (Å²) in [5.41, 5.74) is 5.13. The smallest absolute Gasteiger partial charge is 0.00134 e. The Balaban J connectivity index is 1.49. The predicted molar refractivity (Wildman–Crippen MR) is 200 cm³/mol. The van der Waals surface area contributed by atoms with Gasteiger partial charge in [0, 0.05) is 0 Å². The summed E-state index contributed by atoms with van der Waals surface area (Å²) in [5, 5.41) is 21.2. The summed E-state index contributed by atoms with van der Waals surface area (Å²) in [4.78, 5) is 0. The third kappa shape index (κ3) is 3.04. The van der Waals surface area contributed by atoms with E-state index in [9.17, 15) is 0 Å². The molecule has 0 unspecified atom stereocenters. The molecule has 0 saturated heterocycles. The molecule has 0 spiro atoms. The molecule has 11 aromatic carbocycles. The first-order valence-corrected chi connectivity index (χ1v) is 16.1. The normalized spacial score (nSPS) is 12.3. The standard InChI is InChI=1S/C46H26/c1-3-12-27(13-4-1)43-39-24-36-33-20-9-16-28-17-10-21-34(42(28)33)37(36)25-40(39)44(29-14-5-2-6-15-29)46-35-23-11-22-32-30-18-7-8-19-31(30)38(45(32)35)26-41(43)46/h1-26H. The topological polar surface area (TPSA) is 0 Å². The van der Waals surface area contributed by atoms with Gasteiger partial charge in [-0.1, -0.05) is 140 Å². The minimum Gasteiger partial charge on any atom is -0.0622 e. The SMILES string of the molecule is c1ccc(-c2c3cc4c(cc3c(-c3ccccc3)c3c2cc2c5ccccc5c5cccc3c52)c2cccc3cccc4c32)cc1. The van der Waals surface area contributed by atoms with Gasteiger partial charge in [-0.15, -0.1) is 0 Å². The minimum absolute atomic E-state index is 1.25. The van der Waals surface area contributed by atoms with Crippen LogP contribution in [0.25, 0.3) is 108 Å². The van der Waals surface area contributed by atoms with Gasteiger partial charge in [-0.3, -0.25) is 0 Å². The summed E-state index contributed by atoms with van der Waals surface area (Å²) in [5.74, 6) is 0. The van der Waals surface area contributed by atoms with Crippen molar-refractivity contribution in [2.75, 3.05) is 0 Å². The van der Waals surface area contributed by atoms with Crippen LogP contribution in [0.1, 0.15) is 0 Å². The van der Waals surface area contributed by atoms with Crippen LogP contribution in [0.3, 0.4) is 0 Å². The largest absolute Gasteiger partial charge is 0.0622 e. The van der Waals surface area contributed by atoms with Gasteiger partial charge in [-0.2, -0.15) is 0 Å². The maximum Gasteiger partial charge on any atom is -0.00134 e. The Bertz CT molecular complexity index is 2980. The van der Waals surface area contributed by atoms with Crippen molar-refractivity contribution in [3.05, 3.63) is 158 Å². The maximum absolute atomic E-state index is 2.51. The highest BCUT2D eigenvalue weighted by Crippen LogP contribution is 2.52. The van der Waals surface area contributed by atoms with E-state index in [-0.39, 0.29) is 0 Å². The van der Waals surface area contributed by atoms with E-state index in [0.29, 0.717) is 0 Å². The zero-order chi connectivity index (χ0) is 29.9. The molecular formula is C46H26. The molecule has 210 valence electrons. The van der Waals surface area contributed by atoms with E-state index < -0.39 is 0 Å². The molecule has 0 aliphatic heterocycles. The first-order chi connectivity index (χ1) is 22.8. The van der Waals surface area contributed by atoms with Crippen LogP contribution in [-0.2, 0) is 0 Å². The molecule has 0 saturated carbocycles. The van der Waals surface area contributed by atoms with Gasteiger partial charge < -0.3 is 0 Å². The van der Waals surface area contributed by atoms with Crippen LogP contribution >= 0.6 is 0 Å². The van der Waals surface area contributed by atoms with Crippen molar-refractivity contribution in [2.24, 2.45) is 0 Å². The lowest BCUT2D eigenvalue weighted by Gasteiger charge is -2.20. The summed E-state index contributed by atoms with van der Waals surface area (Å²) in [6.45, 7) is 0. The van der Waals surface area contributed by atoms with Crippen molar-refractivity contribution < 1.29 is 0 Å². The summed E-state index contributed by atoms with van der Waals surface area (Å²) < 4.78 is 0. The second-order valence-corrected chi connectivity index (χ2v) is 12.8. The molecule has 0 bridgehead atoms. The third-order valence-electron chi connectivity index (χ3n) is 10.5. The van der Waals surface area contributed by atoms with Crippen molar-refractivity contribution in [1.82, 2.24) is 0 Å². The summed E-state index contributed by atoms with van der Waals surface area (Å²) in [7, 11) is 0. The van der Waals surface area contributed by atoms with Crippen LogP contribution < -0.4 is 0 Å². The van der Waals surface area contributed by atoms with E-state index in [1.54, 1.807) is 0 Å². The van der Waals surface area contributed by atoms with Crippen LogP contribution in [0.4, 0.5) is 0 Å². The molecule has 0 radical (unpaired) electrons. The van der Waals surface area contributed by atoms with E-state index in [4.69, 9.17) is 0 Å². The van der Waals surface area contributed by atoms with Gasteiger partial charge in [-0.05, 0) is 127 Å². The van der Waals surface area contributed by atoms with Gasteiger partial charge in [0.15, 0.2) is 0 Å². The number of rotatable bonds is 2. The minimum atomic E-state index is 1.25. The lowest BCUT2D eigenvalue weighted by molar-refractivity contribution is 1.67. The number of fused-ring (bicyclic) bond motifs is 9. The fourth-order valence-electron chi connectivity index (χ4n) is 8.69. The molecule has 11 rings (SSSR count). The molecule has 0 aliphatic rings. The van der Waals surface area contributed by atoms with Crippen molar-refractivity contribution in [1.29, 1.82) is 0 Å². The van der Waals surface area contributed by atoms with Gasteiger partial charge in [0.1, 0.15) is 0 Å². The Kier molecular flexibility index (Phi) is 4.66. The second kappa shape index (κ2) is 8.81. The van der Waals surface area contributed by atoms with Crippen LogP contribution in [0.15, 0.2) is 158 Å². The zero-order valence-corrected chi connectivity index (χ0v) is 25.0. The number of benzene rings is 9. The second-order valence-electron chi connectivity index (χ2n) is 12.8. The van der Waals surface area contributed by atoms with Crippen molar-refractivity contribution in [2.45, 2.75) is 0 Å². The molecule has 0 heterocycles. The van der Waals surface area contributed by atoms with Gasteiger partial charge in [0.05, 0.1) is 0 Å². The fourth-order valence-corrected chi connectivity index (χ4v) is 8.69. The van der Waals surface area contributed by atoms with Gasteiger partial charge >= 0.3 is 0 Å². The van der Waals surface area contributed by atoms with Crippen LogP contribution in [0.5, 0.6) is 0 Å². The summed E-state index contributed by atoms with van der Waals surface area (Å²) >= 11 is 0. The molecule has 0 aliphatic carbocycles. The predicted octanol–water partition coefficient (Wildman–Crippen LogP) is 13.1. The van der Waals surface area contributed by atoms with Gasteiger partial charge in [0.2, 0.25) is 0 Å². The average Bonchev–Trinajstić information content (AvgIpc) is 3.61. The molecule has 11 aromatic rings. The molecule has 0 N–H and O–H groups in total. The van der Waals surface area contributed by atoms with E-state index in [1.807, 2.05) is 0 Å². The third-order valence-corrected chi connectivity index (χ3v) is 10.5. The quantitative estimate of drug-likeness (QED) is 0.141. The molecular weight excluding hydrogens is 553 g/mol. The highest BCUT2D eigenvalue weighted by molar-refractivity contribution is 6.40. The lowest BCUT2D eigenvalue weighted by Crippen LogP contribution is -1.92. The monoisotopic (exact) mass is 578 g/mol. The Morgan fingerprint density at radius 1 is 0.217 bits per heavy atom. The van der Waals surface area contributed by atoms with Gasteiger partial charge in [-0.25, -0.2) is 0 Å². The Morgan fingerprint density at radius 3 is 1.33 bits per heavy atom. The maximum atomic E-state index is 2.51. The fraction of sp³-hybridized carbons (Fsp3) is 0. The Morgan fingerprint density at radius 2 is 0.674 bits per heavy atom.